The minimum Gasteiger partial charge on any atom is -0.508 e. The van der Waals surface area contributed by atoms with Crippen LogP contribution in [0.25, 0.3) is 0 Å². The molecule has 1 N–H and O–H groups in total. The van der Waals surface area contributed by atoms with Crippen molar-refractivity contribution in [2.24, 2.45) is 0 Å². The molecule has 1 aromatic carbocycles. The molecule has 1 heteroatoms. The van der Waals surface area contributed by atoms with Crippen LogP contribution in [-0.4, -0.2) is 5.11 Å². The summed E-state index contributed by atoms with van der Waals surface area (Å²) in [6, 6.07) is 7.64. The van der Waals surface area contributed by atoms with Gasteiger partial charge < -0.3 is 5.11 Å². The maximum absolute atomic E-state index is 9.27. The second-order valence-corrected chi connectivity index (χ2v) is 5.24. The first-order valence-corrected chi connectivity index (χ1v) is 6.36. The molecule has 1 aromatic rings. The molecule has 0 fully saturated rings. The zero-order valence-corrected chi connectivity index (χ0v) is 10.8. The fourth-order valence-electron chi connectivity index (χ4n) is 2.05. The van der Waals surface area contributed by atoms with Crippen molar-refractivity contribution in [3.05, 3.63) is 29.8 Å². The Balaban J connectivity index is 2.52. The van der Waals surface area contributed by atoms with Crippen LogP contribution in [0.5, 0.6) is 5.75 Å². The number of rotatable bonds is 6. The Morgan fingerprint density at radius 3 is 2.19 bits per heavy atom. The van der Waals surface area contributed by atoms with Crippen LogP contribution >= 0.6 is 0 Å². The summed E-state index contributed by atoms with van der Waals surface area (Å²) in [5.74, 6) is 0.352. The van der Waals surface area contributed by atoms with E-state index in [9.17, 15) is 5.11 Å². The maximum Gasteiger partial charge on any atom is 0.115 e. The average Bonchev–Trinajstić information content (AvgIpc) is 2.25. The highest BCUT2D eigenvalue weighted by Crippen LogP contribution is 2.30. The predicted molar refractivity (Wildman–Crippen MR) is 69.9 cm³/mol. The van der Waals surface area contributed by atoms with Crippen LogP contribution < -0.4 is 0 Å². The first-order chi connectivity index (χ1) is 7.56. The van der Waals surface area contributed by atoms with Gasteiger partial charge in [-0.3, -0.25) is 0 Å². The van der Waals surface area contributed by atoms with E-state index in [4.69, 9.17) is 0 Å². The zero-order chi connectivity index (χ0) is 12.0. The van der Waals surface area contributed by atoms with Crippen molar-refractivity contribution in [1.82, 2.24) is 0 Å². The Kier molecular flexibility index (Phi) is 4.85. The SMILES string of the molecule is CCCCCCC(C)(C)c1ccc(O)cc1. The van der Waals surface area contributed by atoms with Crippen LogP contribution in [0, 0.1) is 0 Å². The van der Waals surface area contributed by atoms with Crippen LogP contribution in [0.15, 0.2) is 24.3 Å². The Morgan fingerprint density at radius 2 is 1.62 bits per heavy atom. The molecule has 0 unspecified atom stereocenters. The summed E-state index contributed by atoms with van der Waals surface area (Å²) in [6.45, 7) is 6.81. The van der Waals surface area contributed by atoms with Crippen molar-refractivity contribution >= 4 is 0 Å². The third-order valence-corrected chi connectivity index (χ3v) is 3.30. The summed E-state index contributed by atoms with van der Waals surface area (Å²) in [4.78, 5) is 0. The van der Waals surface area contributed by atoms with Gasteiger partial charge in [0.15, 0.2) is 0 Å². The van der Waals surface area contributed by atoms with E-state index >= 15 is 0 Å². The normalized spacial score (nSPS) is 11.7. The first kappa shape index (κ1) is 13.1. The molecular weight excluding hydrogens is 196 g/mol. The fourth-order valence-corrected chi connectivity index (χ4v) is 2.05. The van der Waals surface area contributed by atoms with Crippen LogP contribution in [0.1, 0.15) is 58.4 Å². The van der Waals surface area contributed by atoms with E-state index < -0.39 is 0 Å². The summed E-state index contributed by atoms with van der Waals surface area (Å²) in [5.41, 5.74) is 1.54. The summed E-state index contributed by atoms with van der Waals surface area (Å²) in [7, 11) is 0. The predicted octanol–water partition coefficient (Wildman–Crippen LogP) is 4.64. The van der Waals surface area contributed by atoms with Gasteiger partial charge in [0.05, 0.1) is 0 Å². The highest BCUT2D eigenvalue weighted by Gasteiger charge is 2.19. The molecule has 1 nitrogen and oxygen atoms in total. The lowest BCUT2D eigenvalue weighted by atomic mass is 9.80. The molecule has 0 aliphatic rings. The van der Waals surface area contributed by atoms with Gasteiger partial charge in [-0.15, -0.1) is 0 Å². The highest BCUT2D eigenvalue weighted by molar-refractivity contribution is 5.30. The van der Waals surface area contributed by atoms with Crippen LogP contribution in [0.3, 0.4) is 0 Å². The third kappa shape index (κ3) is 3.88. The topological polar surface area (TPSA) is 20.2 Å². The quantitative estimate of drug-likeness (QED) is 0.692. The number of aromatic hydroxyl groups is 1. The van der Waals surface area contributed by atoms with Crippen molar-refractivity contribution < 1.29 is 5.11 Å². The van der Waals surface area contributed by atoms with E-state index in [0.717, 1.165) is 0 Å². The summed E-state index contributed by atoms with van der Waals surface area (Å²) < 4.78 is 0. The minimum atomic E-state index is 0.224. The van der Waals surface area contributed by atoms with E-state index in [1.165, 1.54) is 37.7 Å². The van der Waals surface area contributed by atoms with E-state index in [1.54, 1.807) is 12.1 Å². The van der Waals surface area contributed by atoms with Crippen molar-refractivity contribution in [2.75, 3.05) is 0 Å². The molecule has 0 saturated heterocycles. The van der Waals surface area contributed by atoms with Crippen LogP contribution in [-0.2, 0) is 5.41 Å². The van der Waals surface area contributed by atoms with Crippen molar-refractivity contribution in [1.29, 1.82) is 0 Å². The molecule has 0 amide bonds. The lowest BCUT2D eigenvalue weighted by Crippen LogP contribution is -2.16. The molecule has 0 spiro atoms. The number of phenolic OH excluding ortho intramolecular Hbond substituents is 1. The van der Waals surface area contributed by atoms with Gasteiger partial charge in [0.1, 0.15) is 5.75 Å². The molecule has 0 saturated carbocycles. The molecule has 90 valence electrons. The molecule has 0 aliphatic heterocycles. The second kappa shape index (κ2) is 5.93. The molecule has 0 heterocycles. The Morgan fingerprint density at radius 1 is 1.00 bits per heavy atom. The number of unbranched alkanes of at least 4 members (excludes halogenated alkanes) is 3. The molecule has 0 atom stereocenters. The zero-order valence-electron chi connectivity index (χ0n) is 10.8. The van der Waals surface area contributed by atoms with Gasteiger partial charge in [-0.25, -0.2) is 0 Å². The minimum absolute atomic E-state index is 0.224. The third-order valence-electron chi connectivity index (χ3n) is 3.30. The van der Waals surface area contributed by atoms with Crippen LogP contribution in [0.4, 0.5) is 0 Å². The van der Waals surface area contributed by atoms with E-state index in [1.807, 2.05) is 12.1 Å². The second-order valence-electron chi connectivity index (χ2n) is 5.24. The van der Waals surface area contributed by atoms with Gasteiger partial charge in [-0.2, -0.15) is 0 Å². The van der Waals surface area contributed by atoms with Crippen molar-refractivity contribution in [3.8, 4) is 5.75 Å². The Hall–Kier alpha value is -0.980. The standard InChI is InChI=1S/C15H24O/c1-4-5-6-7-12-15(2,3)13-8-10-14(16)11-9-13/h8-11,16H,4-7,12H2,1-3H3. The number of phenols is 1. The maximum atomic E-state index is 9.27. The molecule has 16 heavy (non-hydrogen) atoms. The van der Waals surface area contributed by atoms with Gasteiger partial charge in [-0.1, -0.05) is 58.6 Å². The van der Waals surface area contributed by atoms with E-state index in [2.05, 4.69) is 20.8 Å². The molecule has 0 radical (unpaired) electrons. The number of hydrogen-bond donors (Lipinski definition) is 1. The Bertz CT molecular complexity index is 298. The summed E-state index contributed by atoms with van der Waals surface area (Å²) >= 11 is 0. The lowest BCUT2D eigenvalue weighted by Gasteiger charge is -2.25. The largest absolute Gasteiger partial charge is 0.508 e. The average molecular weight is 220 g/mol. The first-order valence-electron chi connectivity index (χ1n) is 6.36. The molecule has 1 rings (SSSR count). The van der Waals surface area contributed by atoms with Gasteiger partial charge in [-0.05, 0) is 29.5 Å². The highest BCUT2D eigenvalue weighted by atomic mass is 16.3. The van der Waals surface area contributed by atoms with E-state index in [0.29, 0.717) is 5.75 Å². The van der Waals surface area contributed by atoms with E-state index in [-0.39, 0.29) is 5.41 Å². The summed E-state index contributed by atoms with van der Waals surface area (Å²) in [5, 5.41) is 9.27. The smallest absolute Gasteiger partial charge is 0.115 e. The van der Waals surface area contributed by atoms with Crippen molar-refractivity contribution in [3.63, 3.8) is 0 Å². The fraction of sp³-hybridized carbons (Fsp3) is 0.600. The van der Waals surface area contributed by atoms with Gasteiger partial charge in [0.25, 0.3) is 0 Å². The number of benzene rings is 1. The lowest BCUT2D eigenvalue weighted by molar-refractivity contribution is 0.443. The summed E-state index contributed by atoms with van der Waals surface area (Å²) in [6.07, 6.45) is 6.48. The van der Waals surface area contributed by atoms with Gasteiger partial charge in [0.2, 0.25) is 0 Å². The Labute approximate surface area is 99.5 Å². The van der Waals surface area contributed by atoms with Gasteiger partial charge >= 0.3 is 0 Å². The van der Waals surface area contributed by atoms with Gasteiger partial charge in [0, 0.05) is 0 Å². The van der Waals surface area contributed by atoms with Crippen LogP contribution in [0.2, 0.25) is 0 Å². The molecule has 0 aliphatic carbocycles. The molecule has 0 bridgehead atoms. The monoisotopic (exact) mass is 220 g/mol. The number of hydrogen-bond acceptors (Lipinski definition) is 1. The molecular formula is C15H24O. The van der Waals surface area contributed by atoms with Crippen molar-refractivity contribution in [2.45, 2.75) is 58.3 Å². The molecule has 0 aromatic heterocycles.